The highest BCUT2D eigenvalue weighted by Gasteiger charge is 2.28. The summed E-state index contributed by atoms with van der Waals surface area (Å²) >= 11 is 0. The van der Waals surface area contributed by atoms with E-state index in [4.69, 9.17) is 0 Å². The zero-order chi connectivity index (χ0) is 16.4. The lowest BCUT2D eigenvalue weighted by Crippen LogP contribution is -2.46. The van der Waals surface area contributed by atoms with E-state index in [1.54, 1.807) is 0 Å². The number of nitrogens with one attached hydrogen (secondary N) is 1. The maximum absolute atomic E-state index is 12.2. The predicted octanol–water partition coefficient (Wildman–Crippen LogP) is 3.00. The van der Waals surface area contributed by atoms with Crippen LogP contribution in [0.2, 0.25) is 0 Å². The highest BCUT2D eigenvalue weighted by atomic mass is 16.1. The summed E-state index contributed by atoms with van der Waals surface area (Å²) in [6, 6.07) is 12.4. The van der Waals surface area contributed by atoms with Crippen molar-refractivity contribution in [1.29, 1.82) is 0 Å². The number of anilines is 1. The van der Waals surface area contributed by atoms with Crippen molar-refractivity contribution >= 4 is 11.6 Å². The Morgan fingerprint density at radius 2 is 2.04 bits per heavy atom. The molecular weight excluding hydrogens is 298 g/mol. The van der Waals surface area contributed by atoms with Crippen LogP contribution in [0.5, 0.6) is 0 Å². The van der Waals surface area contributed by atoms with Crippen molar-refractivity contribution in [1.82, 2.24) is 9.88 Å². The summed E-state index contributed by atoms with van der Waals surface area (Å²) in [7, 11) is 0. The highest BCUT2D eigenvalue weighted by molar-refractivity contribution is 5.91. The summed E-state index contributed by atoms with van der Waals surface area (Å²) in [5.74, 6) is 0.625. The van der Waals surface area contributed by atoms with Gasteiger partial charge in [-0.15, -0.1) is 0 Å². The maximum Gasteiger partial charge on any atom is 0.225 e. The molecule has 2 aliphatic rings. The van der Waals surface area contributed by atoms with E-state index in [1.807, 2.05) is 24.4 Å². The Kier molecular flexibility index (Phi) is 4.30. The summed E-state index contributed by atoms with van der Waals surface area (Å²) in [5.41, 5.74) is 4.94. The number of rotatable bonds is 5. The Morgan fingerprint density at radius 3 is 2.88 bits per heavy atom. The number of carbonyl (C=O) groups is 1. The molecule has 24 heavy (non-hydrogen) atoms. The fourth-order valence-corrected chi connectivity index (χ4v) is 3.69. The fraction of sp³-hybridized carbons (Fsp3) is 0.400. The van der Waals surface area contributed by atoms with Gasteiger partial charge in [0.2, 0.25) is 5.91 Å². The Hall–Kier alpha value is -2.20. The van der Waals surface area contributed by atoms with E-state index in [2.05, 4.69) is 33.4 Å². The van der Waals surface area contributed by atoms with E-state index in [0.717, 1.165) is 37.4 Å². The van der Waals surface area contributed by atoms with Crippen LogP contribution in [0.25, 0.3) is 0 Å². The van der Waals surface area contributed by atoms with Gasteiger partial charge in [0.05, 0.1) is 0 Å². The highest BCUT2D eigenvalue weighted by Crippen LogP contribution is 2.26. The van der Waals surface area contributed by atoms with Gasteiger partial charge in [-0.2, -0.15) is 0 Å². The zero-order valence-electron chi connectivity index (χ0n) is 13.9. The molecule has 0 radical (unpaired) electrons. The molecule has 124 valence electrons. The van der Waals surface area contributed by atoms with E-state index in [0.29, 0.717) is 12.3 Å². The molecule has 2 aromatic rings. The van der Waals surface area contributed by atoms with Crippen molar-refractivity contribution in [3.05, 3.63) is 59.4 Å². The lowest BCUT2D eigenvalue weighted by atomic mass is 9.95. The van der Waals surface area contributed by atoms with Crippen LogP contribution in [-0.2, 0) is 17.6 Å². The van der Waals surface area contributed by atoms with Gasteiger partial charge in [-0.3, -0.25) is 9.78 Å². The number of nitrogens with zero attached hydrogens (tertiary/aromatic N) is 2. The lowest BCUT2D eigenvalue weighted by molar-refractivity contribution is -0.116. The van der Waals surface area contributed by atoms with E-state index in [-0.39, 0.29) is 5.91 Å². The molecule has 4 heteroatoms. The third kappa shape index (κ3) is 3.34. The second-order valence-corrected chi connectivity index (χ2v) is 6.85. The molecule has 4 rings (SSSR count). The number of carbonyl (C=O) groups excluding carboxylic acids is 1. The number of hydrogen-bond acceptors (Lipinski definition) is 3. The first-order valence-corrected chi connectivity index (χ1v) is 8.83. The topological polar surface area (TPSA) is 45.2 Å². The standard InChI is InChI=1S/C20H23N3O/c24-20(22-18-8-7-15-4-3-5-16(15)12-18)9-11-23-13-17(14-23)19-6-1-2-10-21-19/h1-2,6-8,10,12,17H,3-5,9,11,13-14H2,(H,22,24). The minimum atomic E-state index is 0.106. The molecule has 0 saturated carbocycles. The fourth-order valence-electron chi connectivity index (χ4n) is 3.69. The van der Waals surface area contributed by atoms with Gasteiger partial charge >= 0.3 is 0 Å². The first-order chi connectivity index (χ1) is 11.8. The van der Waals surface area contributed by atoms with Gasteiger partial charge in [0.1, 0.15) is 0 Å². The van der Waals surface area contributed by atoms with E-state index in [1.165, 1.54) is 24.0 Å². The number of aryl methyl sites for hydroxylation is 2. The average molecular weight is 321 g/mol. The van der Waals surface area contributed by atoms with Gasteiger partial charge in [-0.05, 0) is 54.7 Å². The average Bonchev–Trinajstić information content (AvgIpc) is 3.02. The Labute approximate surface area is 142 Å². The molecule has 0 unspecified atom stereocenters. The molecule has 1 aromatic heterocycles. The molecule has 1 fully saturated rings. The molecule has 0 atom stereocenters. The van der Waals surface area contributed by atoms with Crippen LogP contribution in [0.4, 0.5) is 5.69 Å². The first-order valence-electron chi connectivity index (χ1n) is 8.83. The predicted molar refractivity (Wildman–Crippen MR) is 95.1 cm³/mol. The molecule has 1 amide bonds. The van der Waals surface area contributed by atoms with Crippen LogP contribution in [0.15, 0.2) is 42.6 Å². The molecule has 1 saturated heterocycles. The molecule has 4 nitrogen and oxygen atoms in total. The normalized spacial score (nSPS) is 17.3. The van der Waals surface area contributed by atoms with Crippen LogP contribution in [-0.4, -0.2) is 35.4 Å². The molecule has 0 spiro atoms. The van der Waals surface area contributed by atoms with Gasteiger partial charge in [0.15, 0.2) is 0 Å². The van der Waals surface area contributed by atoms with Crippen LogP contribution in [0.3, 0.4) is 0 Å². The smallest absolute Gasteiger partial charge is 0.225 e. The molecule has 1 aliphatic heterocycles. The number of fused-ring (bicyclic) bond motifs is 1. The third-order valence-electron chi connectivity index (χ3n) is 5.10. The van der Waals surface area contributed by atoms with Crippen molar-refractivity contribution in [2.45, 2.75) is 31.6 Å². The van der Waals surface area contributed by atoms with Crippen LogP contribution >= 0.6 is 0 Å². The van der Waals surface area contributed by atoms with Gasteiger partial charge in [-0.1, -0.05) is 12.1 Å². The van der Waals surface area contributed by atoms with Crippen molar-refractivity contribution in [2.24, 2.45) is 0 Å². The second kappa shape index (κ2) is 6.73. The third-order valence-corrected chi connectivity index (χ3v) is 5.10. The zero-order valence-corrected chi connectivity index (χ0v) is 13.9. The molecule has 1 N–H and O–H groups in total. The van der Waals surface area contributed by atoms with E-state index < -0.39 is 0 Å². The SMILES string of the molecule is O=C(CCN1CC(c2ccccn2)C1)Nc1ccc2c(c1)CCC2. The summed E-state index contributed by atoms with van der Waals surface area (Å²) < 4.78 is 0. The van der Waals surface area contributed by atoms with Gasteiger partial charge in [0.25, 0.3) is 0 Å². The molecule has 0 bridgehead atoms. The Morgan fingerprint density at radius 1 is 1.17 bits per heavy atom. The number of amides is 1. The van der Waals surface area contributed by atoms with Crippen molar-refractivity contribution in [3.8, 4) is 0 Å². The van der Waals surface area contributed by atoms with Crippen LogP contribution < -0.4 is 5.32 Å². The summed E-state index contributed by atoms with van der Waals surface area (Å²) in [4.78, 5) is 18.9. The lowest BCUT2D eigenvalue weighted by Gasteiger charge is -2.38. The Bertz CT molecular complexity index is 723. The Balaban J connectivity index is 1.22. The minimum absolute atomic E-state index is 0.106. The number of hydrogen-bond donors (Lipinski definition) is 1. The van der Waals surface area contributed by atoms with Crippen LogP contribution in [0, 0.1) is 0 Å². The number of pyridine rings is 1. The number of benzene rings is 1. The first kappa shape index (κ1) is 15.3. The monoisotopic (exact) mass is 321 g/mol. The minimum Gasteiger partial charge on any atom is -0.326 e. The van der Waals surface area contributed by atoms with Gasteiger partial charge < -0.3 is 10.2 Å². The summed E-state index contributed by atoms with van der Waals surface area (Å²) in [6.07, 6.45) is 5.95. The molecular formula is C20H23N3O. The number of aromatic nitrogens is 1. The van der Waals surface area contributed by atoms with Crippen LogP contribution in [0.1, 0.15) is 35.6 Å². The summed E-state index contributed by atoms with van der Waals surface area (Å²) in [6.45, 7) is 2.83. The summed E-state index contributed by atoms with van der Waals surface area (Å²) in [5, 5.41) is 3.04. The molecule has 1 aliphatic carbocycles. The van der Waals surface area contributed by atoms with E-state index in [9.17, 15) is 4.79 Å². The van der Waals surface area contributed by atoms with Gasteiger partial charge in [-0.25, -0.2) is 0 Å². The molecule has 2 heterocycles. The van der Waals surface area contributed by atoms with Crippen molar-refractivity contribution < 1.29 is 4.79 Å². The second-order valence-electron chi connectivity index (χ2n) is 6.85. The van der Waals surface area contributed by atoms with E-state index >= 15 is 0 Å². The van der Waals surface area contributed by atoms with Crippen molar-refractivity contribution in [3.63, 3.8) is 0 Å². The van der Waals surface area contributed by atoms with Gasteiger partial charge in [0, 0.05) is 49.6 Å². The molecule has 1 aromatic carbocycles. The largest absolute Gasteiger partial charge is 0.326 e. The van der Waals surface area contributed by atoms with Crippen molar-refractivity contribution in [2.75, 3.05) is 25.0 Å². The maximum atomic E-state index is 12.2. The quantitative estimate of drug-likeness (QED) is 0.921. The number of likely N-dealkylation sites (tertiary alicyclic amines) is 1.